The highest BCUT2D eigenvalue weighted by atomic mass is 79.9. The van der Waals surface area contributed by atoms with E-state index in [9.17, 15) is 4.79 Å². The molecule has 2 bridgehead atoms. The topological polar surface area (TPSA) is 55.6 Å². The number of rotatable bonds is 5. The maximum absolute atomic E-state index is 11.8. The lowest BCUT2D eigenvalue weighted by Crippen LogP contribution is -2.46. The molecule has 0 radical (unpaired) electrons. The number of hydrogen-bond donors (Lipinski definition) is 1. The number of carbonyl (C=O) groups is 1. The first-order valence-electron chi connectivity index (χ1n) is 9.12. The molecule has 1 saturated carbocycles. The molecule has 5 heteroatoms. The SMILES string of the molecule is NC(=O)c1cc(Br)ccc1OC1[C@@H]2CC[C@H]1CN(Cc1ccccc1)C2. The average molecular weight is 415 g/mol. The highest BCUT2D eigenvalue weighted by Crippen LogP contribution is 2.40. The number of nitrogens with two attached hydrogens (primary N) is 1. The van der Waals surface area contributed by atoms with Crippen molar-refractivity contribution in [2.24, 2.45) is 17.6 Å². The van der Waals surface area contributed by atoms with Gasteiger partial charge in [0.2, 0.25) is 0 Å². The molecule has 1 unspecified atom stereocenters. The zero-order valence-corrected chi connectivity index (χ0v) is 16.2. The molecule has 2 aliphatic rings. The molecule has 1 saturated heterocycles. The Morgan fingerprint density at radius 3 is 2.46 bits per heavy atom. The minimum atomic E-state index is -0.449. The maximum atomic E-state index is 11.8. The molecule has 26 heavy (non-hydrogen) atoms. The van der Waals surface area contributed by atoms with Gasteiger partial charge in [-0.05, 0) is 36.6 Å². The summed E-state index contributed by atoms with van der Waals surface area (Å²) < 4.78 is 7.17. The molecule has 4 nitrogen and oxygen atoms in total. The van der Waals surface area contributed by atoms with Gasteiger partial charge in [-0.3, -0.25) is 9.69 Å². The van der Waals surface area contributed by atoms with Crippen molar-refractivity contribution in [1.29, 1.82) is 0 Å². The number of piperidine rings is 1. The van der Waals surface area contributed by atoms with Gasteiger partial charge in [0.05, 0.1) is 5.56 Å². The molecule has 1 aliphatic heterocycles. The van der Waals surface area contributed by atoms with Gasteiger partial charge < -0.3 is 10.5 Å². The van der Waals surface area contributed by atoms with Crippen LogP contribution in [0.2, 0.25) is 0 Å². The summed E-state index contributed by atoms with van der Waals surface area (Å²) in [6, 6.07) is 16.1. The van der Waals surface area contributed by atoms with E-state index in [1.807, 2.05) is 12.1 Å². The van der Waals surface area contributed by atoms with Gasteiger partial charge in [-0.15, -0.1) is 0 Å². The summed E-state index contributed by atoms with van der Waals surface area (Å²) in [5.41, 5.74) is 7.34. The number of fused-ring (bicyclic) bond motifs is 2. The fourth-order valence-corrected chi connectivity index (χ4v) is 4.74. The summed E-state index contributed by atoms with van der Waals surface area (Å²) in [5, 5.41) is 0. The standard InChI is InChI=1S/C21H23BrN2O2/c22-17-8-9-19(18(10-17)21(23)25)26-20-15-6-7-16(20)13-24(12-15)11-14-4-2-1-3-5-14/h1-5,8-10,15-16,20H,6-7,11-13H2,(H2,23,25)/t15-,16+,20?. The first kappa shape index (κ1) is 17.6. The van der Waals surface area contributed by atoms with Crippen LogP contribution in [0, 0.1) is 11.8 Å². The number of hydrogen-bond acceptors (Lipinski definition) is 3. The third kappa shape index (κ3) is 3.64. The fraction of sp³-hybridized carbons (Fsp3) is 0.381. The molecular weight excluding hydrogens is 392 g/mol. The Balaban J connectivity index is 1.47. The van der Waals surface area contributed by atoms with E-state index in [1.165, 1.54) is 18.4 Å². The smallest absolute Gasteiger partial charge is 0.252 e. The maximum Gasteiger partial charge on any atom is 0.252 e. The van der Waals surface area contributed by atoms with Crippen molar-refractivity contribution in [3.8, 4) is 5.75 Å². The molecule has 0 spiro atoms. The summed E-state index contributed by atoms with van der Waals surface area (Å²) in [7, 11) is 0. The molecule has 136 valence electrons. The van der Waals surface area contributed by atoms with Crippen molar-refractivity contribution < 1.29 is 9.53 Å². The summed E-state index contributed by atoms with van der Waals surface area (Å²) in [6.07, 6.45) is 2.54. The number of ether oxygens (including phenoxy) is 1. The summed E-state index contributed by atoms with van der Waals surface area (Å²) in [6.45, 7) is 3.07. The Morgan fingerprint density at radius 1 is 1.12 bits per heavy atom. The lowest BCUT2D eigenvalue weighted by Gasteiger charge is -2.38. The fourth-order valence-electron chi connectivity index (χ4n) is 4.38. The molecule has 3 atom stereocenters. The monoisotopic (exact) mass is 414 g/mol. The van der Waals surface area contributed by atoms with Crippen LogP contribution in [0.4, 0.5) is 0 Å². The number of nitrogens with zero attached hydrogens (tertiary/aromatic N) is 1. The second-order valence-corrected chi connectivity index (χ2v) is 8.28. The van der Waals surface area contributed by atoms with E-state index in [0.717, 1.165) is 24.1 Å². The number of benzene rings is 2. The van der Waals surface area contributed by atoms with Gasteiger partial charge in [-0.1, -0.05) is 46.3 Å². The van der Waals surface area contributed by atoms with E-state index in [4.69, 9.17) is 10.5 Å². The number of carbonyl (C=O) groups excluding carboxylic acids is 1. The molecule has 1 heterocycles. The van der Waals surface area contributed by atoms with Crippen LogP contribution in [0.3, 0.4) is 0 Å². The molecule has 1 aliphatic carbocycles. The molecule has 1 amide bonds. The summed E-state index contributed by atoms with van der Waals surface area (Å²) in [4.78, 5) is 14.3. The van der Waals surface area contributed by atoms with E-state index in [0.29, 0.717) is 23.1 Å². The first-order chi connectivity index (χ1) is 12.6. The molecule has 2 N–H and O–H groups in total. The minimum absolute atomic E-state index is 0.168. The van der Waals surface area contributed by atoms with Crippen molar-refractivity contribution in [1.82, 2.24) is 4.90 Å². The zero-order valence-electron chi connectivity index (χ0n) is 14.6. The van der Waals surface area contributed by atoms with Crippen molar-refractivity contribution in [2.75, 3.05) is 13.1 Å². The number of amides is 1. The van der Waals surface area contributed by atoms with E-state index in [1.54, 1.807) is 6.07 Å². The van der Waals surface area contributed by atoms with Gasteiger partial charge in [0, 0.05) is 35.9 Å². The largest absolute Gasteiger partial charge is 0.489 e. The molecule has 2 fully saturated rings. The lowest BCUT2D eigenvalue weighted by molar-refractivity contribution is 0.0303. The normalized spacial score (nSPS) is 25.2. The van der Waals surface area contributed by atoms with Crippen LogP contribution in [0.25, 0.3) is 0 Å². The molecule has 4 rings (SSSR count). The summed E-state index contributed by atoms with van der Waals surface area (Å²) >= 11 is 3.40. The predicted octanol–water partition coefficient (Wildman–Crippen LogP) is 3.84. The Bertz CT molecular complexity index is 782. The van der Waals surface area contributed by atoms with Gasteiger partial charge in [-0.25, -0.2) is 0 Å². The molecule has 2 aromatic rings. The first-order valence-corrected chi connectivity index (χ1v) is 9.92. The van der Waals surface area contributed by atoms with E-state index < -0.39 is 5.91 Å². The van der Waals surface area contributed by atoms with E-state index in [-0.39, 0.29) is 6.10 Å². The van der Waals surface area contributed by atoms with Gasteiger partial charge in [0.15, 0.2) is 0 Å². The van der Waals surface area contributed by atoms with Gasteiger partial charge in [0.25, 0.3) is 5.91 Å². The number of primary amides is 1. The van der Waals surface area contributed by atoms with Crippen LogP contribution in [-0.4, -0.2) is 30.0 Å². The lowest BCUT2D eigenvalue weighted by atomic mass is 9.94. The Kier molecular flexibility index (Phi) is 5.00. The Labute approximate surface area is 162 Å². The summed E-state index contributed by atoms with van der Waals surface area (Å²) in [5.74, 6) is 1.16. The van der Waals surface area contributed by atoms with Crippen LogP contribution in [0.15, 0.2) is 53.0 Å². The van der Waals surface area contributed by atoms with Crippen molar-refractivity contribution in [3.05, 3.63) is 64.1 Å². The number of likely N-dealkylation sites (tertiary alicyclic amines) is 1. The van der Waals surface area contributed by atoms with Crippen LogP contribution >= 0.6 is 15.9 Å². The highest BCUT2D eigenvalue weighted by molar-refractivity contribution is 9.10. The van der Waals surface area contributed by atoms with Gasteiger partial charge in [0.1, 0.15) is 11.9 Å². The third-order valence-electron chi connectivity index (χ3n) is 5.54. The molecular formula is C21H23BrN2O2. The second kappa shape index (κ2) is 7.41. The molecule has 2 aromatic carbocycles. The van der Waals surface area contributed by atoms with Gasteiger partial charge in [-0.2, -0.15) is 0 Å². The second-order valence-electron chi connectivity index (χ2n) is 7.36. The highest BCUT2D eigenvalue weighted by Gasteiger charge is 2.43. The zero-order chi connectivity index (χ0) is 18.1. The van der Waals surface area contributed by atoms with Crippen LogP contribution < -0.4 is 10.5 Å². The van der Waals surface area contributed by atoms with Crippen molar-refractivity contribution in [3.63, 3.8) is 0 Å². The van der Waals surface area contributed by atoms with E-state index in [2.05, 4.69) is 51.2 Å². The Morgan fingerprint density at radius 2 is 1.81 bits per heavy atom. The minimum Gasteiger partial charge on any atom is -0.489 e. The van der Waals surface area contributed by atoms with Crippen LogP contribution in [-0.2, 0) is 6.54 Å². The quantitative estimate of drug-likeness (QED) is 0.808. The van der Waals surface area contributed by atoms with E-state index >= 15 is 0 Å². The third-order valence-corrected chi connectivity index (χ3v) is 6.04. The predicted molar refractivity (Wildman–Crippen MR) is 105 cm³/mol. The van der Waals surface area contributed by atoms with Crippen molar-refractivity contribution in [2.45, 2.75) is 25.5 Å². The van der Waals surface area contributed by atoms with Gasteiger partial charge >= 0.3 is 0 Å². The average Bonchev–Trinajstić information content (AvgIpc) is 2.86. The van der Waals surface area contributed by atoms with Crippen molar-refractivity contribution >= 4 is 21.8 Å². The van der Waals surface area contributed by atoms with Crippen LogP contribution in [0.5, 0.6) is 5.75 Å². The number of halogens is 1. The van der Waals surface area contributed by atoms with Crippen LogP contribution in [0.1, 0.15) is 28.8 Å². The Hall–Kier alpha value is -1.85. The molecule has 0 aromatic heterocycles.